The lowest BCUT2D eigenvalue weighted by molar-refractivity contribution is -0.137. The number of ether oxygens (including phenoxy) is 1. The van der Waals surface area contributed by atoms with Crippen molar-refractivity contribution < 1.29 is 46.7 Å². The molecule has 0 spiro atoms. The number of carbonyl (C=O) groups is 6. The van der Waals surface area contributed by atoms with Crippen LogP contribution in [-0.2, 0) is 6.18 Å². The maximum atomic E-state index is 13.2. The van der Waals surface area contributed by atoms with Crippen LogP contribution < -0.4 is 67.3 Å². The maximum absolute atomic E-state index is 13.2. The van der Waals surface area contributed by atoms with E-state index in [2.05, 4.69) is 82.7 Å². The highest BCUT2D eigenvalue weighted by molar-refractivity contribution is 7.18. The molecule has 0 atom stereocenters. The molecule has 0 fully saturated rings. The first kappa shape index (κ1) is 74.1. The summed E-state index contributed by atoms with van der Waals surface area (Å²) in [6.07, 6.45) is -0.539. The van der Waals surface area contributed by atoms with E-state index in [4.69, 9.17) is 4.74 Å². The van der Waals surface area contributed by atoms with Gasteiger partial charge in [-0.1, -0.05) is 60.7 Å². The van der Waals surface area contributed by atoms with E-state index in [-0.39, 0.29) is 40.9 Å². The highest BCUT2D eigenvalue weighted by atomic mass is 32.1. The molecule has 26 nitrogen and oxygen atoms in total. The van der Waals surface area contributed by atoms with Crippen molar-refractivity contribution in [2.45, 2.75) is 33.9 Å². The Morgan fingerprint density at radius 2 is 0.845 bits per heavy atom. The van der Waals surface area contributed by atoms with Crippen LogP contribution in [0.1, 0.15) is 58.3 Å². The molecular formula is C73H72F3N19O7S. The molecule has 4 aromatic heterocycles. The van der Waals surface area contributed by atoms with Gasteiger partial charge in [0.1, 0.15) is 59.6 Å². The molecule has 528 valence electrons. The number of aromatic nitrogens is 7. The quantitative estimate of drug-likeness (QED) is 0.0409. The third-order valence-electron chi connectivity index (χ3n) is 15.6. The number of halogens is 3. The lowest BCUT2D eigenvalue weighted by Crippen LogP contribution is -2.32. The minimum absolute atomic E-state index is 0.0545. The predicted molar refractivity (Wildman–Crippen MR) is 399 cm³/mol. The van der Waals surface area contributed by atoms with Crippen LogP contribution in [0.3, 0.4) is 0 Å². The zero-order valence-electron chi connectivity index (χ0n) is 57.7. The molecule has 9 N–H and O–H groups in total. The van der Waals surface area contributed by atoms with Crippen molar-refractivity contribution >= 4 is 126 Å². The average molecular weight is 1420 g/mol. The number of carbonyl (C=O) groups excluding carboxylic acids is 6. The van der Waals surface area contributed by atoms with Gasteiger partial charge in [-0.05, 0) is 134 Å². The summed E-state index contributed by atoms with van der Waals surface area (Å²) in [5.41, 5.74) is 7.95. The van der Waals surface area contributed by atoms with Crippen LogP contribution >= 0.6 is 11.3 Å². The zero-order chi connectivity index (χ0) is 74.1. The fraction of sp³-hybridized carbons (Fsp3) is 0.164. The Labute approximate surface area is 594 Å². The van der Waals surface area contributed by atoms with Crippen LogP contribution in [0.25, 0.3) is 21.3 Å². The molecule has 7 aromatic carbocycles. The summed E-state index contributed by atoms with van der Waals surface area (Å²) < 4.78 is 45.5. The number of nitrogens with zero attached hydrogens (tertiary/aromatic N) is 10. The maximum Gasteiger partial charge on any atom is 0.416 e. The minimum Gasteiger partial charge on any atom is -0.497 e. The Bertz CT molecular complexity index is 4930. The smallest absolute Gasteiger partial charge is 0.416 e. The lowest BCUT2D eigenvalue weighted by Gasteiger charge is -2.19. The van der Waals surface area contributed by atoms with E-state index < -0.39 is 23.7 Å². The summed E-state index contributed by atoms with van der Waals surface area (Å²) in [4.78, 5) is 110. The van der Waals surface area contributed by atoms with E-state index in [0.717, 1.165) is 49.6 Å². The Hall–Kier alpha value is -13.1. The fourth-order valence-corrected chi connectivity index (χ4v) is 10.5. The largest absolute Gasteiger partial charge is 0.497 e. The molecule has 11 rings (SSSR count). The van der Waals surface area contributed by atoms with Crippen LogP contribution in [0.4, 0.5) is 96.6 Å². The number of hydrogen-bond donors (Lipinski definition) is 9. The molecule has 0 saturated heterocycles. The van der Waals surface area contributed by atoms with E-state index in [0.29, 0.717) is 80.0 Å². The van der Waals surface area contributed by atoms with Crippen molar-refractivity contribution in [3.8, 4) is 16.9 Å². The molecule has 0 unspecified atom stereocenters. The molecule has 0 aliphatic carbocycles. The van der Waals surface area contributed by atoms with Crippen molar-refractivity contribution in [3.63, 3.8) is 0 Å². The molecule has 0 aliphatic rings. The van der Waals surface area contributed by atoms with Gasteiger partial charge in [0, 0.05) is 117 Å². The number of thiazole rings is 1. The second-order valence-corrected chi connectivity index (χ2v) is 24.0. The Kier molecular flexibility index (Phi) is 24.2. The van der Waals surface area contributed by atoms with Gasteiger partial charge in [0.05, 0.1) is 27.9 Å². The van der Waals surface area contributed by atoms with Crippen molar-refractivity contribution in [2.75, 3.05) is 112 Å². The second-order valence-electron chi connectivity index (χ2n) is 22.8. The molecule has 4 heterocycles. The van der Waals surface area contributed by atoms with Gasteiger partial charge in [0.2, 0.25) is 0 Å². The summed E-state index contributed by atoms with van der Waals surface area (Å²) in [6.45, 7) is 7.41. The minimum atomic E-state index is -4.61. The number of nitrogens with one attached hydrogen (secondary N) is 9. The average Bonchev–Trinajstić information content (AvgIpc) is 1.52. The first-order valence-corrected chi connectivity index (χ1v) is 32.3. The van der Waals surface area contributed by atoms with Crippen molar-refractivity contribution in [1.82, 2.24) is 34.9 Å². The predicted octanol–water partition coefficient (Wildman–Crippen LogP) is 14.9. The molecule has 0 radical (unpaired) electrons. The SMILES string of the molecule is CNc1cc(N(C)C(=O)Nc2cc(C(=O)Nc3cc(OC)cc(C(F)(F)F)c3)ccc2C)ncn1.CNc1cc(N(C)C(=O)Nc2cc(C(=O)Nc3ccc4sc(C)nc4c3)ccc2C)ncn1.CNc1cc(N(C)C(=O)Nc2cc(C(=O)Nc3cccc(-c4ccccc4)c3)ccc2C)ncn1. The number of alkyl halides is 3. The van der Waals surface area contributed by atoms with E-state index >= 15 is 0 Å². The van der Waals surface area contributed by atoms with Crippen molar-refractivity contribution in [1.29, 1.82) is 0 Å². The Morgan fingerprint density at radius 3 is 1.26 bits per heavy atom. The molecule has 103 heavy (non-hydrogen) atoms. The topological polar surface area (TPSA) is 320 Å². The van der Waals surface area contributed by atoms with Gasteiger partial charge in [0.15, 0.2) is 0 Å². The zero-order valence-corrected chi connectivity index (χ0v) is 58.5. The number of methoxy groups -OCH3 is 1. The molecule has 0 saturated carbocycles. The fourth-order valence-electron chi connectivity index (χ4n) is 9.69. The van der Waals surface area contributed by atoms with E-state index in [1.54, 1.807) is 114 Å². The van der Waals surface area contributed by atoms with E-state index in [1.807, 2.05) is 93.6 Å². The van der Waals surface area contributed by atoms with Crippen LogP contribution in [0.15, 0.2) is 183 Å². The number of benzene rings is 7. The van der Waals surface area contributed by atoms with E-state index in [1.165, 1.54) is 66.0 Å². The van der Waals surface area contributed by atoms with Crippen LogP contribution in [0, 0.1) is 27.7 Å². The van der Waals surface area contributed by atoms with Gasteiger partial charge >= 0.3 is 24.3 Å². The summed E-state index contributed by atoms with van der Waals surface area (Å²) in [5, 5.41) is 26.4. The monoisotopic (exact) mass is 1420 g/mol. The van der Waals surface area contributed by atoms with Gasteiger partial charge < -0.3 is 52.6 Å². The number of urea groups is 3. The number of rotatable bonds is 17. The highest BCUT2D eigenvalue weighted by Crippen LogP contribution is 2.35. The van der Waals surface area contributed by atoms with Gasteiger partial charge in [-0.15, -0.1) is 11.3 Å². The Morgan fingerprint density at radius 1 is 0.427 bits per heavy atom. The lowest BCUT2D eigenvalue weighted by atomic mass is 10.0. The third-order valence-corrected chi connectivity index (χ3v) is 16.6. The highest BCUT2D eigenvalue weighted by Gasteiger charge is 2.32. The molecule has 9 amide bonds. The number of aryl methyl sites for hydroxylation is 4. The molecule has 0 bridgehead atoms. The molecule has 30 heteroatoms. The third kappa shape index (κ3) is 19.6. The number of fused-ring (bicyclic) bond motifs is 1. The standard InChI is InChI=1S/C27H26N6O2.C23H23F3N6O3.C23H23N7O2S/c1-18-12-13-21(15-23(18)32-27(35)33(3)25-16-24(28-2)29-17-30-25)26(34)31-22-11-7-10-20(14-22)19-8-5-4-6-9-19;1-13-5-6-14(21(33)30-16-8-15(23(24,25)26)9-17(10-16)35-4)7-18(13)31-22(34)32(3)20-11-19(27-2)28-12-29-20;1-13-5-6-15(22(31)28-16-7-8-19-18(10-16)27-14(2)33-19)9-17(13)29-23(32)30(4)21-11-20(24-3)25-12-26-21/h4-17H,1-3H3,(H,31,34)(H,32,35)(H,28,29,30);5-12H,1-4H3,(H,30,33)(H,31,34)(H,27,28,29);5-12H,1-4H3,(H,28,31)(H,29,32)(H,24,25,26). The second kappa shape index (κ2) is 33.6. The van der Waals surface area contributed by atoms with Gasteiger partial charge in [-0.3, -0.25) is 29.1 Å². The van der Waals surface area contributed by atoms with Gasteiger partial charge in [0.25, 0.3) is 17.7 Å². The number of amides is 9. The molecule has 11 aromatic rings. The first-order valence-electron chi connectivity index (χ1n) is 31.5. The number of hydrogen-bond acceptors (Lipinski definition) is 18. The van der Waals surface area contributed by atoms with Crippen molar-refractivity contribution in [3.05, 3.63) is 227 Å². The number of anilines is 12. The molecule has 0 aliphatic heterocycles. The van der Waals surface area contributed by atoms with E-state index in [9.17, 15) is 41.9 Å². The van der Waals surface area contributed by atoms with Gasteiger partial charge in [-0.25, -0.2) is 49.3 Å². The van der Waals surface area contributed by atoms with Crippen molar-refractivity contribution in [2.24, 2.45) is 0 Å². The Balaban J connectivity index is 0.000000180. The summed E-state index contributed by atoms with van der Waals surface area (Å²) in [7, 11) is 11.1. The summed E-state index contributed by atoms with van der Waals surface area (Å²) in [5.74, 6) is 1.67. The van der Waals surface area contributed by atoms with Crippen LogP contribution in [-0.4, -0.2) is 120 Å². The van der Waals surface area contributed by atoms with Gasteiger partial charge in [-0.2, -0.15) is 13.2 Å². The normalized spacial score (nSPS) is 10.7. The van der Waals surface area contributed by atoms with Crippen LogP contribution in [0.2, 0.25) is 0 Å². The summed E-state index contributed by atoms with van der Waals surface area (Å²) >= 11 is 1.61. The first-order chi connectivity index (χ1) is 49.3. The summed E-state index contributed by atoms with van der Waals surface area (Å²) in [6, 6.07) is 44.7. The molecular weight excluding hydrogens is 1340 g/mol. The van der Waals surface area contributed by atoms with Crippen LogP contribution in [0.5, 0.6) is 5.75 Å².